The molecule has 1 N–H and O–H groups in total. The molecule has 144 valence electrons. The van der Waals surface area contributed by atoms with Gasteiger partial charge in [-0.1, -0.05) is 68.4 Å². The number of aromatic nitrogens is 2. The van der Waals surface area contributed by atoms with Crippen molar-refractivity contribution in [2.75, 3.05) is 12.3 Å². The molecule has 0 atom stereocenters. The maximum atomic E-state index is 5.62. The molecule has 0 aliphatic carbocycles. The second-order valence-electron chi connectivity index (χ2n) is 7.55. The van der Waals surface area contributed by atoms with E-state index >= 15 is 0 Å². The second-order valence-corrected chi connectivity index (χ2v) is 12.8. The molecule has 4 nitrogen and oxygen atoms in total. The first kappa shape index (κ1) is 18.9. The van der Waals surface area contributed by atoms with Crippen molar-refractivity contribution in [1.82, 2.24) is 9.69 Å². The van der Waals surface area contributed by atoms with Crippen molar-refractivity contribution in [3.63, 3.8) is 0 Å². The van der Waals surface area contributed by atoms with Crippen molar-refractivity contribution < 1.29 is 4.74 Å². The van der Waals surface area contributed by atoms with Crippen LogP contribution in [0.15, 0.2) is 54.7 Å². The molecule has 0 saturated carbocycles. The zero-order valence-corrected chi connectivity index (χ0v) is 18.2. The minimum atomic E-state index is -1.62. The maximum Gasteiger partial charge on any atom is 0.430 e. The highest BCUT2D eigenvalue weighted by Crippen LogP contribution is 2.32. The van der Waals surface area contributed by atoms with Crippen LogP contribution in [0.2, 0.25) is 18.1 Å². The van der Waals surface area contributed by atoms with Gasteiger partial charge in [-0.2, -0.15) is 5.10 Å². The Labute approximate surface area is 169 Å². The standard InChI is InChI=1S/C22H28BN3OSi/c1-5-28(6-2,7-3)22-16-17(27-4)12-13-19(22)23-25-20-11-9-8-10-18(20)21-14-15-24-26(21)23/h8-16,25H,5-7H2,1-4H3. The summed E-state index contributed by atoms with van der Waals surface area (Å²) in [5.74, 6) is 0.947. The zero-order valence-electron chi connectivity index (χ0n) is 17.2. The number of benzene rings is 2. The van der Waals surface area contributed by atoms with Crippen molar-refractivity contribution in [3.05, 3.63) is 54.7 Å². The third kappa shape index (κ3) is 2.87. The number of rotatable bonds is 6. The Bertz CT molecular complexity index is 975. The van der Waals surface area contributed by atoms with Crippen LogP contribution in [0.1, 0.15) is 20.8 Å². The molecular weight excluding hydrogens is 361 g/mol. The largest absolute Gasteiger partial charge is 0.497 e. The molecule has 6 heteroatoms. The van der Waals surface area contributed by atoms with Gasteiger partial charge in [-0.3, -0.25) is 4.59 Å². The van der Waals surface area contributed by atoms with E-state index in [0.717, 1.165) is 11.4 Å². The Morgan fingerprint density at radius 3 is 2.50 bits per heavy atom. The molecule has 1 aromatic heterocycles. The minimum absolute atomic E-state index is 0.00247. The Hall–Kier alpha value is -2.47. The Morgan fingerprint density at radius 2 is 1.79 bits per heavy atom. The maximum absolute atomic E-state index is 5.62. The summed E-state index contributed by atoms with van der Waals surface area (Å²) in [7, 11) is 0.133. The van der Waals surface area contributed by atoms with Crippen LogP contribution in [0.5, 0.6) is 5.75 Å². The molecule has 0 amide bonds. The van der Waals surface area contributed by atoms with Crippen LogP contribution in [0, 0.1) is 0 Å². The van der Waals surface area contributed by atoms with E-state index in [2.05, 4.69) is 79.1 Å². The molecule has 1 aliphatic rings. The monoisotopic (exact) mass is 389 g/mol. The van der Waals surface area contributed by atoms with Crippen LogP contribution in [-0.2, 0) is 0 Å². The van der Waals surface area contributed by atoms with Gasteiger partial charge in [0.1, 0.15) is 5.75 Å². The summed E-state index contributed by atoms with van der Waals surface area (Å²) < 4.78 is 7.75. The van der Waals surface area contributed by atoms with Crippen molar-refractivity contribution in [3.8, 4) is 17.0 Å². The van der Waals surface area contributed by atoms with Gasteiger partial charge < -0.3 is 9.96 Å². The van der Waals surface area contributed by atoms with Crippen LogP contribution >= 0.6 is 0 Å². The second kappa shape index (κ2) is 7.51. The van der Waals surface area contributed by atoms with E-state index in [1.165, 1.54) is 40.0 Å². The van der Waals surface area contributed by atoms with Gasteiger partial charge in [0, 0.05) is 17.4 Å². The fraction of sp³-hybridized carbons (Fsp3) is 0.318. The van der Waals surface area contributed by atoms with Crippen molar-refractivity contribution in [2.24, 2.45) is 0 Å². The first-order chi connectivity index (χ1) is 13.7. The summed E-state index contributed by atoms with van der Waals surface area (Å²) in [5.41, 5.74) is 4.87. The Balaban J connectivity index is 1.91. The molecule has 0 radical (unpaired) electrons. The predicted octanol–water partition coefficient (Wildman–Crippen LogP) is 3.94. The Morgan fingerprint density at radius 1 is 1.04 bits per heavy atom. The van der Waals surface area contributed by atoms with Gasteiger partial charge in [0.2, 0.25) is 0 Å². The molecule has 2 heterocycles. The molecule has 4 rings (SSSR count). The average Bonchev–Trinajstić information content (AvgIpc) is 3.25. The van der Waals surface area contributed by atoms with Gasteiger partial charge in [0.15, 0.2) is 0 Å². The van der Waals surface area contributed by atoms with Crippen LogP contribution in [-0.4, -0.2) is 31.9 Å². The number of ether oxygens (including phenoxy) is 1. The molecule has 0 spiro atoms. The van der Waals surface area contributed by atoms with E-state index < -0.39 is 8.07 Å². The fourth-order valence-electron chi connectivity index (χ4n) is 4.66. The molecule has 3 aromatic rings. The summed E-state index contributed by atoms with van der Waals surface area (Å²) in [6, 6.07) is 20.9. The highest BCUT2D eigenvalue weighted by molar-refractivity contribution is 6.96. The van der Waals surface area contributed by atoms with E-state index in [1.54, 1.807) is 7.11 Å². The highest BCUT2D eigenvalue weighted by Gasteiger charge is 2.38. The summed E-state index contributed by atoms with van der Waals surface area (Å²) in [4.78, 5) is 0. The number of para-hydroxylation sites is 1. The normalized spacial score (nSPS) is 12.9. The highest BCUT2D eigenvalue weighted by atomic mass is 28.3. The lowest BCUT2D eigenvalue weighted by Crippen LogP contribution is -2.61. The molecule has 28 heavy (non-hydrogen) atoms. The third-order valence-corrected chi connectivity index (χ3v) is 12.2. The predicted molar refractivity (Wildman–Crippen MR) is 122 cm³/mol. The minimum Gasteiger partial charge on any atom is -0.497 e. The van der Waals surface area contributed by atoms with Gasteiger partial charge in [0.25, 0.3) is 0 Å². The third-order valence-electron chi connectivity index (χ3n) is 6.57. The van der Waals surface area contributed by atoms with E-state index in [-0.39, 0.29) is 6.98 Å². The van der Waals surface area contributed by atoms with Crippen LogP contribution in [0.25, 0.3) is 11.3 Å². The quantitative estimate of drug-likeness (QED) is 0.649. The first-order valence-electron chi connectivity index (χ1n) is 10.2. The van der Waals surface area contributed by atoms with E-state index in [1.807, 2.05) is 6.20 Å². The number of hydrogen-bond acceptors (Lipinski definition) is 3. The topological polar surface area (TPSA) is 39.1 Å². The molecule has 0 unspecified atom stereocenters. The molecule has 2 aromatic carbocycles. The average molecular weight is 389 g/mol. The molecular formula is C22H28BN3OSi. The van der Waals surface area contributed by atoms with Crippen molar-refractivity contribution in [1.29, 1.82) is 0 Å². The SMILES string of the molecule is CC[Si](CC)(CC)c1cc(OC)ccc1B1Nc2ccccc2-c2ccnn21. The lowest BCUT2D eigenvalue weighted by Gasteiger charge is -2.34. The molecule has 1 aliphatic heterocycles. The lowest BCUT2D eigenvalue weighted by molar-refractivity contribution is 0.415. The number of fused-ring (bicyclic) bond motifs is 3. The summed E-state index contributed by atoms with van der Waals surface area (Å²) in [5, 5.41) is 9.95. The number of nitrogens with one attached hydrogen (secondary N) is 1. The van der Waals surface area contributed by atoms with Crippen molar-refractivity contribution >= 4 is 31.4 Å². The van der Waals surface area contributed by atoms with Crippen LogP contribution in [0.3, 0.4) is 0 Å². The van der Waals surface area contributed by atoms with Gasteiger partial charge in [-0.15, -0.1) is 0 Å². The van der Waals surface area contributed by atoms with Gasteiger partial charge in [0.05, 0.1) is 20.9 Å². The fourth-order valence-corrected chi connectivity index (χ4v) is 8.59. The molecule has 0 bridgehead atoms. The number of methoxy groups -OCH3 is 1. The summed E-state index contributed by atoms with van der Waals surface area (Å²) in [6.45, 7) is 7.06. The van der Waals surface area contributed by atoms with Gasteiger partial charge in [-0.05, 0) is 29.7 Å². The number of hydrogen-bond donors (Lipinski definition) is 1. The summed E-state index contributed by atoms with van der Waals surface area (Å²) in [6.07, 6.45) is 1.90. The van der Waals surface area contributed by atoms with Crippen LogP contribution in [0.4, 0.5) is 5.69 Å². The van der Waals surface area contributed by atoms with E-state index in [9.17, 15) is 0 Å². The number of nitrogens with zero attached hydrogens (tertiary/aromatic N) is 2. The lowest BCUT2D eigenvalue weighted by atomic mass is 9.66. The van der Waals surface area contributed by atoms with Crippen molar-refractivity contribution in [2.45, 2.75) is 38.9 Å². The van der Waals surface area contributed by atoms with E-state index in [4.69, 9.17) is 9.84 Å². The zero-order chi connectivity index (χ0) is 19.7. The van der Waals surface area contributed by atoms with Gasteiger partial charge >= 0.3 is 6.98 Å². The van der Waals surface area contributed by atoms with E-state index in [0.29, 0.717) is 0 Å². The molecule has 0 saturated heterocycles. The molecule has 0 fully saturated rings. The first-order valence-corrected chi connectivity index (χ1v) is 12.9. The summed E-state index contributed by atoms with van der Waals surface area (Å²) >= 11 is 0. The van der Waals surface area contributed by atoms with Gasteiger partial charge in [-0.25, -0.2) is 0 Å². The Kier molecular flexibility index (Phi) is 5.06. The van der Waals surface area contributed by atoms with Crippen LogP contribution < -0.4 is 20.6 Å². The smallest absolute Gasteiger partial charge is 0.430 e. The number of anilines is 1.